The van der Waals surface area contributed by atoms with Crippen LogP contribution in [0.15, 0.2) is 42.5 Å². The molecule has 2 aliphatic rings. The van der Waals surface area contributed by atoms with E-state index in [1.54, 1.807) is 0 Å². The molecule has 1 aliphatic carbocycles. The number of hydrogen-bond donors (Lipinski definition) is 0. The van der Waals surface area contributed by atoms with E-state index in [-0.39, 0.29) is 27.1 Å². The molecule has 0 N–H and O–H groups in total. The highest BCUT2D eigenvalue weighted by Crippen LogP contribution is 2.44. The molecule has 1 aliphatic heterocycles. The fraction of sp³-hybridized carbons (Fsp3) is 0.744. The predicted octanol–water partition coefficient (Wildman–Crippen LogP) is 10.1. The van der Waals surface area contributed by atoms with Crippen LogP contribution >= 0.6 is 0 Å². The number of benzene rings is 1. The molecule has 0 spiro atoms. The van der Waals surface area contributed by atoms with Gasteiger partial charge < -0.3 is 14.2 Å². The van der Waals surface area contributed by atoms with Gasteiger partial charge in [-0.3, -0.25) is 0 Å². The molecule has 1 aromatic rings. The Morgan fingerprint density at radius 1 is 0.643 bits per heavy atom. The van der Waals surface area contributed by atoms with Crippen molar-refractivity contribution in [2.24, 2.45) is 16.7 Å². The Labute approximate surface area is 259 Å². The largest absolute Gasteiger partial charge is 0.377 e. The molecule has 1 saturated heterocycles. The molecule has 3 heteroatoms. The quantitative estimate of drug-likeness (QED) is 0.0983. The minimum Gasteiger partial charge on any atom is -0.377 e. The van der Waals surface area contributed by atoms with Crippen LogP contribution in [0.1, 0.15) is 131 Å². The number of ether oxygens (including phenoxy) is 3. The van der Waals surface area contributed by atoms with Gasteiger partial charge >= 0.3 is 0 Å². The molecule has 0 aromatic heterocycles. The average molecular weight is 581 g/mol. The van der Waals surface area contributed by atoms with Crippen LogP contribution in [0.3, 0.4) is 0 Å². The molecule has 2 fully saturated rings. The van der Waals surface area contributed by atoms with Crippen molar-refractivity contribution < 1.29 is 14.2 Å². The maximum Gasteiger partial charge on any atom is 0.104 e. The normalized spacial score (nSPS) is 18.9. The summed E-state index contributed by atoms with van der Waals surface area (Å²) in [5.41, 5.74) is 4.98. The lowest BCUT2D eigenvalue weighted by atomic mass is 9.66. The summed E-state index contributed by atoms with van der Waals surface area (Å²) in [5, 5.41) is 0. The second-order valence-electron chi connectivity index (χ2n) is 17.3. The van der Waals surface area contributed by atoms with Crippen LogP contribution in [0.2, 0.25) is 0 Å². The van der Waals surface area contributed by atoms with Crippen molar-refractivity contribution in [1.82, 2.24) is 0 Å². The lowest BCUT2D eigenvalue weighted by molar-refractivity contribution is 0.140. The third kappa shape index (κ3) is 12.3. The van der Waals surface area contributed by atoms with E-state index in [1.165, 1.54) is 29.5 Å². The molecular formula is C39H64O3. The van der Waals surface area contributed by atoms with Gasteiger partial charge in [0.15, 0.2) is 0 Å². The molecular weight excluding hydrogens is 516 g/mol. The highest BCUT2D eigenvalue weighted by molar-refractivity contribution is 5.41. The van der Waals surface area contributed by atoms with Gasteiger partial charge in [0.1, 0.15) is 6.10 Å². The third-order valence-electron chi connectivity index (χ3n) is 9.06. The fourth-order valence-corrected chi connectivity index (χ4v) is 6.54. The SMILES string of the molecule is CC(C)(C/C=C/COCC1CC1)CC(C)(C)c1cc(C(C)(C)C)cc(C(C)(C)CC(C)(C)C/C=C/COCC2CO2)c1. The Morgan fingerprint density at radius 2 is 1.07 bits per heavy atom. The molecule has 42 heavy (non-hydrogen) atoms. The summed E-state index contributed by atoms with van der Waals surface area (Å²) >= 11 is 0. The van der Waals surface area contributed by atoms with Crippen molar-refractivity contribution in [2.45, 2.75) is 137 Å². The van der Waals surface area contributed by atoms with Crippen molar-refractivity contribution in [2.75, 3.05) is 33.0 Å². The molecule has 3 rings (SSSR count). The van der Waals surface area contributed by atoms with E-state index in [2.05, 4.69) is 119 Å². The maximum absolute atomic E-state index is 5.81. The molecule has 3 nitrogen and oxygen atoms in total. The molecule has 238 valence electrons. The van der Waals surface area contributed by atoms with E-state index < -0.39 is 0 Å². The Bertz CT molecular complexity index is 968. The minimum absolute atomic E-state index is 0.0575. The monoisotopic (exact) mass is 580 g/mol. The summed E-state index contributed by atoms with van der Waals surface area (Å²) in [7, 11) is 0. The van der Waals surface area contributed by atoms with Crippen LogP contribution in [-0.2, 0) is 30.5 Å². The van der Waals surface area contributed by atoms with E-state index in [0.29, 0.717) is 19.3 Å². The van der Waals surface area contributed by atoms with E-state index in [0.717, 1.165) is 51.4 Å². The van der Waals surface area contributed by atoms with Gasteiger partial charge in [0.2, 0.25) is 0 Å². The number of hydrogen-bond acceptors (Lipinski definition) is 3. The molecule has 0 radical (unpaired) electrons. The van der Waals surface area contributed by atoms with E-state index >= 15 is 0 Å². The topological polar surface area (TPSA) is 31.0 Å². The van der Waals surface area contributed by atoms with E-state index in [4.69, 9.17) is 14.2 Å². The van der Waals surface area contributed by atoms with Gasteiger partial charge in [0, 0.05) is 6.61 Å². The summed E-state index contributed by atoms with van der Waals surface area (Å²) in [4.78, 5) is 0. The fourth-order valence-electron chi connectivity index (χ4n) is 6.54. The zero-order valence-corrected chi connectivity index (χ0v) is 29.2. The Kier molecular flexibility index (Phi) is 11.8. The minimum atomic E-state index is 0.0575. The lowest BCUT2D eigenvalue weighted by Crippen LogP contribution is -2.30. The molecule has 0 amide bonds. The zero-order chi connectivity index (χ0) is 31.2. The van der Waals surface area contributed by atoms with Gasteiger partial charge in [0.05, 0.1) is 26.4 Å². The lowest BCUT2D eigenvalue weighted by Gasteiger charge is -2.39. The number of rotatable bonds is 18. The van der Waals surface area contributed by atoms with Crippen molar-refractivity contribution in [3.8, 4) is 0 Å². The van der Waals surface area contributed by atoms with Gasteiger partial charge in [-0.25, -0.2) is 0 Å². The third-order valence-corrected chi connectivity index (χ3v) is 9.06. The molecule has 1 aromatic carbocycles. The highest BCUT2D eigenvalue weighted by Gasteiger charge is 2.34. The molecule has 1 atom stereocenters. The van der Waals surface area contributed by atoms with Crippen LogP contribution in [0.25, 0.3) is 0 Å². The van der Waals surface area contributed by atoms with Gasteiger partial charge in [0.25, 0.3) is 0 Å². The van der Waals surface area contributed by atoms with Gasteiger partial charge in [-0.05, 0) is 88.2 Å². The van der Waals surface area contributed by atoms with E-state index in [9.17, 15) is 0 Å². The van der Waals surface area contributed by atoms with Crippen molar-refractivity contribution >= 4 is 0 Å². The standard InChI is InChI=1S/C39H64O3/c1-35(2,3)31-22-32(38(8,9)28-36(4,5)18-12-14-20-40-25-30-16-17-30)24-33(23-31)39(10,11)29-37(6,7)19-13-15-21-41-26-34-27-42-34/h12-15,22-24,30,34H,16-21,25-29H2,1-11H3/b14-12+,15-13+. The maximum atomic E-state index is 5.81. The first-order valence-corrected chi connectivity index (χ1v) is 16.6. The predicted molar refractivity (Wildman–Crippen MR) is 180 cm³/mol. The summed E-state index contributed by atoms with van der Waals surface area (Å²) in [6, 6.07) is 7.53. The van der Waals surface area contributed by atoms with Gasteiger partial charge in [-0.2, -0.15) is 0 Å². The van der Waals surface area contributed by atoms with Crippen LogP contribution < -0.4 is 0 Å². The molecule has 1 unspecified atom stereocenters. The van der Waals surface area contributed by atoms with Crippen LogP contribution in [-0.4, -0.2) is 39.1 Å². The Balaban J connectivity index is 1.70. The summed E-state index contributed by atoms with van der Waals surface area (Å²) < 4.78 is 16.7. The van der Waals surface area contributed by atoms with Crippen molar-refractivity contribution in [1.29, 1.82) is 0 Å². The van der Waals surface area contributed by atoms with Crippen LogP contribution in [0.5, 0.6) is 0 Å². The Morgan fingerprint density at radius 3 is 1.48 bits per heavy atom. The number of epoxide rings is 1. The summed E-state index contributed by atoms with van der Waals surface area (Å²) in [5.74, 6) is 0.829. The van der Waals surface area contributed by atoms with Gasteiger partial charge in [-0.15, -0.1) is 0 Å². The smallest absolute Gasteiger partial charge is 0.104 e. The van der Waals surface area contributed by atoms with Crippen LogP contribution in [0, 0.1) is 16.7 Å². The average Bonchev–Trinajstić information content (AvgIpc) is 3.77. The first-order chi connectivity index (χ1) is 19.4. The van der Waals surface area contributed by atoms with Crippen molar-refractivity contribution in [3.63, 3.8) is 0 Å². The first-order valence-electron chi connectivity index (χ1n) is 16.6. The van der Waals surface area contributed by atoms with Gasteiger partial charge in [-0.1, -0.05) is 119 Å². The molecule has 1 saturated carbocycles. The second kappa shape index (κ2) is 14.1. The zero-order valence-electron chi connectivity index (χ0n) is 29.2. The number of allylic oxidation sites excluding steroid dienone is 2. The Hall–Kier alpha value is -1.42. The van der Waals surface area contributed by atoms with Crippen LogP contribution in [0.4, 0.5) is 0 Å². The van der Waals surface area contributed by atoms with E-state index in [1.807, 2.05) is 0 Å². The highest BCUT2D eigenvalue weighted by atomic mass is 16.6. The summed E-state index contributed by atoms with van der Waals surface area (Å²) in [6.45, 7) is 30.4. The molecule has 1 heterocycles. The molecule has 0 bridgehead atoms. The second-order valence-corrected chi connectivity index (χ2v) is 17.3. The summed E-state index contributed by atoms with van der Waals surface area (Å²) in [6.07, 6.45) is 16.4. The first kappa shape index (κ1) is 35.1. The van der Waals surface area contributed by atoms with Crippen molar-refractivity contribution in [3.05, 3.63) is 59.2 Å².